The van der Waals surface area contributed by atoms with Gasteiger partial charge in [0.2, 0.25) is 5.89 Å². The van der Waals surface area contributed by atoms with Gasteiger partial charge in [-0.25, -0.2) is 0 Å². The van der Waals surface area contributed by atoms with Gasteiger partial charge in [0.15, 0.2) is 5.82 Å². The van der Waals surface area contributed by atoms with Gasteiger partial charge in [0.25, 0.3) is 0 Å². The smallest absolute Gasteiger partial charge is 0.227 e. The second kappa shape index (κ2) is 5.30. The Balaban J connectivity index is 0.00000121. The Morgan fingerprint density at radius 2 is 2.00 bits per heavy atom. The van der Waals surface area contributed by atoms with Crippen LogP contribution in [0.2, 0.25) is 0 Å². The second-order valence-corrected chi connectivity index (χ2v) is 7.01. The first-order valence-corrected chi connectivity index (χ1v) is 7.85. The van der Waals surface area contributed by atoms with E-state index in [1.54, 1.807) is 0 Å². The molecule has 0 aromatic carbocycles. The summed E-state index contributed by atoms with van der Waals surface area (Å²) in [6, 6.07) is 0. The minimum Gasteiger partial charge on any atom is -0.339 e. The molecular weight excluding hydrogens is 274 g/mol. The molecule has 2 N–H and O–H groups in total. The van der Waals surface area contributed by atoms with Gasteiger partial charge in [-0.15, -0.1) is 12.4 Å². The fourth-order valence-corrected chi connectivity index (χ4v) is 4.62. The predicted octanol–water partition coefficient (Wildman–Crippen LogP) is 3.20. The van der Waals surface area contributed by atoms with Crippen LogP contribution < -0.4 is 5.73 Å². The molecule has 0 amide bonds. The Kier molecular flexibility index (Phi) is 3.80. The summed E-state index contributed by atoms with van der Waals surface area (Å²) in [6.07, 6.45) is 11.0. The molecule has 1 aromatic heterocycles. The Morgan fingerprint density at radius 3 is 2.65 bits per heavy atom. The van der Waals surface area contributed by atoms with E-state index < -0.39 is 0 Å². The number of rotatable bonds is 3. The van der Waals surface area contributed by atoms with Crippen LogP contribution in [0.3, 0.4) is 0 Å². The molecule has 1 aromatic rings. The zero-order valence-corrected chi connectivity index (χ0v) is 12.7. The molecule has 112 valence electrons. The van der Waals surface area contributed by atoms with E-state index in [0.29, 0.717) is 0 Å². The summed E-state index contributed by atoms with van der Waals surface area (Å²) in [5.74, 6) is 4.25. The average Bonchev–Trinajstić information content (AvgIpc) is 3.11. The quantitative estimate of drug-likeness (QED) is 0.930. The van der Waals surface area contributed by atoms with Crippen LogP contribution in [-0.2, 0) is 12.0 Å². The highest BCUT2D eigenvalue weighted by Crippen LogP contribution is 2.49. The number of hydrogen-bond acceptors (Lipinski definition) is 4. The largest absolute Gasteiger partial charge is 0.339 e. The lowest BCUT2D eigenvalue weighted by Crippen LogP contribution is -2.34. The van der Waals surface area contributed by atoms with Crippen LogP contribution in [-0.4, -0.2) is 10.1 Å². The van der Waals surface area contributed by atoms with Crippen LogP contribution in [0.1, 0.15) is 63.1 Å². The van der Waals surface area contributed by atoms with Crippen molar-refractivity contribution in [2.24, 2.45) is 23.5 Å². The minimum absolute atomic E-state index is 0. The zero-order chi connectivity index (χ0) is 12.9. The second-order valence-electron chi connectivity index (χ2n) is 7.01. The molecule has 3 unspecified atom stereocenters. The average molecular weight is 298 g/mol. The first kappa shape index (κ1) is 14.3. The molecule has 2 bridgehead atoms. The van der Waals surface area contributed by atoms with E-state index in [0.717, 1.165) is 48.7 Å². The van der Waals surface area contributed by atoms with E-state index in [1.165, 1.54) is 38.5 Å². The molecule has 3 saturated carbocycles. The fraction of sp³-hybridized carbons (Fsp3) is 0.867. The molecule has 5 heteroatoms. The maximum atomic E-state index is 6.38. The van der Waals surface area contributed by atoms with Gasteiger partial charge in [0, 0.05) is 6.42 Å². The maximum Gasteiger partial charge on any atom is 0.227 e. The molecule has 0 radical (unpaired) electrons. The van der Waals surface area contributed by atoms with E-state index in [-0.39, 0.29) is 17.9 Å². The summed E-state index contributed by atoms with van der Waals surface area (Å²) in [6.45, 7) is 0. The van der Waals surface area contributed by atoms with Crippen molar-refractivity contribution < 1.29 is 4.52 Å². The Hall–Kier alpha value is -0.610. The van der Waals surface area contributed by atoms with E-state index in [4.69, 9.17) is 10.3 Å². The highest BCUT2D eigenvalue weighted by atomic mass is 35.5. The van der Waals surface area contributed by atoms with Crippen LogP contribution in [0.4, 0.5) is 0 Å². The zero-order valence-electron chi connectivity index (χ0n) is 11.9. The Morgan fingerprint density at radius 1 is 1.20 bits per heavy atom. The molecule has 3 aliphatic rings. The summed E-state index contributed by atoms with van der Waals surface area (Å²) < 4.78 is 5.47. The number of nitrogens with zero attached hydrogens (tertiary/aromatic N) is 2. The molecule has 4 nitrogen and oxygen atoms in total. The summed E-state index contributed by atoms with van der Waals surface area (Å²) in [4.78, 5) is 4.61. The monoisotopic (exact) mass is 297 g/mol. The summed E-state index contributed by atoms with van der Waals surface area (Å²) in [7, 11) is 0. The van der Waals surface area contributed by atoms with Gasteiger partial charge >= 0.3 is 0 Å². The van der Waals surface area contributed by atoms with E-state index in [9.17, 15) is 0 Å². The molecule has 0 spiro atoms. The number of halogens is 1. The number of nitrogens with two attached hydrogens (primary N) is 1. The number of hydrogen-bond donors (Lipinski definition) is 1. The van der Waals surface area contributed by atoms with Gasteiger partial charge in [0.1, 0.15) is 0 Å². The summed E-state index contributed by atoms with van der Waals surface area (Å²) in [5, 5.41) is 4.16. The molecule has 0 aliphatic heterocycles. The number of fused-ring (bicyclic) bond motifs is 2. The van der Waals surface area contributed by atoms with E-state index >= 15 is 0 Å². The van der Waals surface area contributed by atoms with Crippen LogP contribution in [0, 0.1) is 17.8 Å². The van der Waals surface area contributed by atoms with Crippen molar-refractivity contribution in [2.75, 3.05) is 0 Å². The summed E-state index contributed by atoms with van der Waals surface area (Å²) in [5.41, 5.74) is 6.07. The summed E-state index contributed by atoms with van der Waals surface area (Å²) >= 11 is 0. The van der Waals surface area contributed by atoms with Crippen molar-refractivity contribution in [2.45, 2.75) is 63.3 Å². The van der Waals surface area contributed by atoms with Gasteiger partial charge in [-0.2, -0.15) is 4.98 Å². The third-order valence-electron chi connectivity index (χ3n) is 5.73. The minimum atomic E-state index is -0.309. The first-order chi connectivity index (χ1) is 9.23. The number of aromatic nitrogens is 2. The van der Waals surface area contributed by atoms with Crippen LogP contribution in [0.5, 0.6) is 0 Å². The van der Waals surface area contributed by atoms with Gasteiger partial charge < -0.3 is 10.3 Å². The molecule has 3 atom stereocenters. The van der Waals surface area contributed by atoms with E-state index in [2.05, 4.69) is 10.1 Å². The van der Waals surface area contributed by atoms with Gasteiger partial charge in [-0.3, -0.25) is 0 Å². The van der Waals surface area contributed by atoms with Crippen molar-refractivity contribution >= 4 is 12.4 Å². The van der Waals surface area contributed by atoms with Crippen LogP contribution in [0.15, 0.2) is 4.52 Å². The Labute approximate surface area is 126 Å². The van der Waals surface area contributed by atoms with Gasteiger partial charge in [-0.05, 0) is 49.9 Å². The lowest BCUT2D eigenvalue weighted by molar-refractivity contribution is 0.285. The lowest BCUT2D eigenvalue weighted by Gasteiger charge is -2.19. The molecule has 20 heavy (non-hydrogen) atoms. The highest BCUT2D eigenvalue weighted by Gasteiger charge is 2.41. The van der Waals surface area contributed by atoms with Gasteiger partial charge in [0.05, 0.1) is 5.54 Å². The molecule has 0 saturated heterocycles. The molecule has 3 aliphatic carbocycles. The van der Waals surface area contributed by atoms with Crippen LogP contribution in [0.25, 0.3) is 0 Å². The predicted molar refractivity (Wildman–Crippen MR) is 78.5 cm³/mol. The lowest BCUT2D eigenvalue weighted by atomic mass is 9.86. The maximum absolute atomic E-state index is 6.38. The van der Waals surface area contributed by atoms with Crippen molar-refractivity contribution in [3.63, 3.8) is 0 Å². The highest BCUT2D eigenvalue weighted by molar-refractivity contribution is 5.85. The van der Waals surface area contributed by atoms with Crippen molar-refractivity contribution in [3.05, 3.63) is 11.7 Å². The SMILES string of the molecule is Cl.NC1(c2noc(CC3CC4CCC3C4)n2)CCCC1. The topological polar surface area (TPSA) is 64.9 Å². The molecule has 1 heterocycles. The van der Waals surface area contributed by atoms with E-state index in [1.807, 2.05) is 0 Å². The standard InChI is InChI=1S/C15H23N3O.ClH/c16-15(5-1-2-6-15)14-17-13(19-18-14)9-12-8-10-3-4-11(12)7-10;/h10-12H,1-9,16H2;1H. The molecular formula is C15H24ClN3O. The fourth-order valence-electron chi connectivity index (χ4n) is 4.62. The van der Waals surface area contributed by atoms with Crippen molar-refractivity contribution in [3.8, 4) is 0 Å². The first-order valence-electron chi connectivity index (χ1n) is 7.85. The van der Waals surface area contributed by atoms with Gasteiger partial charge in [-0.1, -0.05) is 24.4 Å². The molecule has 4 rings (SSSR count). The van der Waals surface area contributed by atoms with Crippen molar-refractivity contribution in [1.29, 1.82) is 0 Å². The Bertz CT molecular complexity index is 469. The third-order valence-corrected chi connectivity index (χ3v) is 5.73. The van der Waals surface area contributed by atoms with Crippen molar-refractivity contribution in [1.82, 2.24) is 10.1 Å². The third kappa shape index (κ3) is 2.37. The molecule has 3 fully saturated rings. The van der Waals surface area contributed by atoms with Crippen LogP contribution >= 0.6 is 12.4 Å². The normalized spacial score (nSPS) is 34.4.